The minimum Gasteiger partial charge on any atom is -0.339 e. The summed E-state index contributed by atoms with van der Waals surface area (Å²) in [6, 6.07) is 14.1. The van der Waals surface area contributed by atoms with Crippen molar-refractivity contribution in [3.05, 3.63) is 65.2 Å². The van der Waals surface area contributed by atoms with E-state index in [1.807, 2.05) is 32.9 Å². The molecular weight excluding hydrogens is 340 g/mol. The number of carbonyl (C=O) groups is 3. The van der Waals surface area contributed by atoms with Crippen LogP contribution in [0.2, 0.25) is 0 Å². The normalized spacial score (nSPS) is 10.3. The highest BCUT2D eigenvalue weighted by Gasteiger charge is 2.13. The van der Waals surface area contributed by atoms with Gasteiger partial charge < -0.3 is 10.2 Å². The van der Waals surface area contributed by atoms with Crippen molar-refractivity contribution in [3.8, 4) is 0 Å². The zero-order valence-corrected chi connectivity index (χ0v) is 16.1. The molecule has 0 spiro atoms. The van der Waals surface area contributed by atoms with E-state index in [-0.39, 0.29) is 30.4 Å². The first-order valence-electron chi connectivity index (χ1n) is 9.23. The Labute approximate surface area is 160 Å². The molecule has 0 aromatic heterocycles. The molecule has 2 rings (SSSR count). The minimum atomic E-state index is -0.224. The average Bonchev–Trinajstić information content (AvgIpc) is 2.68. The summed E-state index contributed by atoms with van der Waals surface area (Å²) in [5, 5.41) is 2.77. The molecule has 2 aromatic carbocycles. The van der Waals surface area contributed by atoms with Crippen LogP contribution >= 0.6 is 0 Å². The van der Waals surface area contributed by atoms with Gasteiger partial charge in [-0.2, -0.15) is 0 Å². The van der Waals surface area contributed by atoms with Gasteiger partial charge in [0.2, 0.25) is 5.91 Å². The van der Waals surface area contributed by atoms with Crippen molar-refractivity contribution in [2.75, 3.05) is 18.4 Å². The number of nitrogens with zero attached hydrogens (tertiary/aromatic N) is 1. The zero-order chi connectivity index (χ0) is 19.8. The van der Waals surface area contributed by atoms with E-state index >= 15 is 0 Å². The minimum absolute atomic E-state index is 0.0263. The van der Waals surface area contributed by atoms with Gasteiger partial charge in [0.15, 0.2) is 5.78 Å². The van der Waals surface area contributed by atoms with Gasteiger partial charge in [0.25, 0.3) is 5.91 Å². The lowest BCUT2D eigenvalue weighted by Crippen LogP contribution is -2.30. The SMILES string of the molecule is CCN(CC)C(=O)c1ccc(NC(=O)CCC(=O)c2ccc(C)cc2)cc1. The maximum atomic E-state index is 12.3. The highest BCUT2D eigenvalue weighted by Crippen LogP contribution is 2.13. The van der Waals surface area contributed by atoms with E-state index in [1.54, 1.807) is 41.3 Å². The number of hydrogen-bond acceptors (Lipinski definition) is 3. The van der Waals surface area contributed by atoms with Gasteiger partial charge in [-0.25, -0.2) is 0 Å². The number of aryl methyl sites for hydroxylation is 1. The molecule has 2 amide bonds. The van der Waals surface area contributed by atoms with Gasteiger partial charge in [0, 0.05) is 42.7 Å². The molecule has 5 nitrogen and oxygen atoms in total. The molecule has 0 atom stereocenters. The Morgan fingerprint density at radius 1 is 0.815 bits per heavy atom. The molecule has 0 saturated heterocycles. The maximum Gasteiger partial charge on any atom is 0.253 e. The second-order valence-corrected chi connectivity index (χ2v) is 6.39. The summed E-state index contributed by atoms with van der Waals surface area (Å²) >= 11 is 0. The monoisotopic (exact) mass is 366 g/mol. The van der Waals surface area contributed by atoms with Crippen LogP contribution in [-0.4, -0.2) is 35.6 Å². The smallest absolute Gasteiger partial charge is 0.253 e. The molecule has 0 aliphatic carbocycles. The number of anilines is 1. The lowest BCUT2D eigenvalue weighted by Gasteiger charge is -2.18. The second-order valence-electron chi connectivity index (χ2n) is 6.39. The van der Waals surface area contributed by atoms with E-state index in [1.165, 1.54) is 0 Å². The third-order valence-corrected chi connectivity index (χ3v) is 4.42. The van der Waals surface area contributed by atoms with Crippen LogP contribution in [0.5, 0.6) is 0 Å². The Hall–Kier alpha value is -2.95. The Kier molecular flexibility index (Phi) is 7.29. The highest BCUT2D eigenvalue weighted by molar-refractivity contribution is 6.00. The fourth-order valence-corrected chi connectivity index (χ4v) is 2.72. The first kappa shape index (κ1) is 20.4. The molecular formula is C22H26N2O3. The van der Waals surface area contributed by atoms with Crippen molar-refractivity contribution in [1.29, 1.82) is 0 Å². The second kappa shape index (κ2) is 9.67. The van der Waals surface area contributed by atoms with Crippen LogP contribution in [-0.2, 0) is 4.79 Å². The van der Waals surface area contributed by atoms with E-state index < -0.39 is 0 Å². The van der Waals surface area contributed by atoms with Crippen LogP contribution in [0.4, 0.5) is 5.69 Å². The summed E-state index contributed by atoms with van der Waals surface area (Å²) in [6.45, 7) is 7.15. The Morgan fingerprint density at radius 2 is 1.37 bits per heavy atom. The van der Waals surface area contributed by atoms with Gasteiger partial charge in [-0.1, -0.05) is 29.8 Å². The molecule has 0 bridgehead atoms. The van der Waals surface area contributed by atoms with Crippen LogP contribution < -0.4 is 5.32 Å². The molecule has 1 N–H and O–H groups in total. The Balaban J connectivity index is 1.87. The van der Waals surface area contributed by atoms with E-state index in [0.717, 1.165) is 5.56 Å². The number of amides is 2. The van der Waals surface area contributed by atoms with Gasteiger partial charge in [0.1, 0.15) is 0 Å². The van der Waals surface area contributed by atoms with Gasteiger partial charge in [0.05, 0.1) is 0 Å². The number of hydrogen-bond donors (Lipinski definition) is 1. The third-order valence-electron chi connectivity index (χ3n) is 4.42. The Bertz CT molecular complexity index is 791. The predicted octanol–water partition coefficient (Wildman–Crippen LogP) is 4.08. The molecule has 0 unspecified atom stereocenters. The summed E-state index contributed by atoms with van der Waals surface area (Å²) < 4.78 is 0. The van der Waals surface area contributed by atoms with Crippen LogP contribution in [0.15, 0.2) is 48.5 Å². The topological polar surface area (TPSA) is 66.5 Å². The van der Waals surface area contributed by atoms with Crippen LogP contribution in [0.3, 0.4) is 0 Å². The molecule has 0 saturated carbocycles. The van der Waals surface area contributed by atoms with Crippen molar-refractivity contribution in [2.24, 2.45) is 0 Å². The first-order chi connectivity index (χ1) is 12.9. The predicted molar refractivity (Wildman–Crippen MR) is 107 cm³/mol. The molecule has 0 aliphatic heterocycles. The number of Topliss-reactive ketones (excluding diaryl/α,β-unsaturated/α-hetero) is 1. The van der Waals surface area contributed by atoms with Crippen molar-refractivity contribution in [2.45, 2.75) is 33.6 Å². The maximum absolute atomic E-state index is 12.3. The summed E-state index contributed by atoms with van der Waals surface area (Å²) in [5.41, 5.74) is 2.91. The molecule has 0 aliphatic rings. The Morgan fingerprint density at radius 3 is 1.93 bits per heavy atom. The number of benzene rings is 2. The summed E-state index contributed by atoms with van der Waals surface area (Å²) in [7, 11) is 0. The van der Waals surface area contributed by atoms with E-state index in [2.05, 4.69) is 5.32 Å². The van der Waals surface area contributed by atoms with Crippen LogP contribution in [0, 0.1) is 6.92 Å². The van der Waals surface area contributed by atoms with Crippen molar-refractivity contribution < 1.29 is 14.4 Å². The number of rotatable bonds is 8. The average molecular weight is 366 g/mol. The fraction of sp³-hybridized carbons (Fsp3) is 0.318. The third kappa shape index (κ3) is 5.78. The molecule has 0 heterocycles. The van der Waals surface area contributed by atoms with E-state index in [9.17, 15) is 14.4 Å². The molecule has 2 aromatic rings. The first-order valence-corrected chi connectivity index (χ1v) is 9.23. The van der Waals surface area contributed by atoms with Crippen molar-refractivity contribution in [3.63, 3.8) is 0 Å². The number of carbonyl (C=O) groups excluding carboxylic acids is 3. The van der Waals surface area contributed by atoms with Gasteiger partial charge in [-0.05, 0) is 45.0 Å². The van der Waals surface area contributed by atoms with Crippen molar-refractivity contribution >= 4 is 23.3 Å². The van der Waals surface area contributed by atoms with E-state index in [0.29, 0.717) is 29.9 Å². The largest absolute Gasteiger partial charge is 0.339 e. The summed E-state index contributed by atoms with van der Waals surface area (Å²) in [5.74, 6) is -0.301. The standard InChI is InChI=1S/C22H26N2O3/c1-4-24(5-2)22(27)18-10-12-19(13-11-18)23-21(26)15-14-20(25)17-8-6-16(3)7-9-17/h6-13H,4-5,14-15H2,1-3H3,(H,23,26). The van der Waals surface area contributed by atoms with Gasteiger partial charge in [-0.3, -0.25) is 14.4 Å². The highest BCUT2D eigenvalue weighted by atomic mass is 16.2. The molecule has 142 valence electrons. The molecule has 0 radical (unpaired) electrons. The summed E-state index contributed by atoms with van der Waals surface area (Å²) in [4.78, 5) is 38.2. The quantitative estimate of drug-likeness (QED) is 0.716. The van der Waals surface area contributed by atoms with Gasteiger partial charge >= 0.3 is 0 Å². The zero-order valence-electron chi connectivity index (χ0n) is 16.1. The van der Waals surface area contributed by atoms with Crippen molar-refractivity contribution in [1.82, 2.24) is 4.90 Å². The van der Waals surface area contributed by atoms with Gasteiger partial charge in [-0.15, -0.1) is 0 Å². The number of ketones is 1. The van der Waals surface area contributed by atoms with Crippen LogP contribution in [0.25, 0.3) is 0 Å². The lowest BCUT2D eigenvalue weighted by atomic mass is 10.0. The van der Waals surface area contributed by atoms with Crippen LogP contribution in [0.1, 0.15) is 53.0 Å². The molecule has 0 fully saturated rings. The van der Waals surface area contributed by atoms with E-state index in [4.69, 9.17) is 0 Å². The summed E-state index contributed by atoms with van der Waals surface area (Å²) in [6.07, 6.45) is 0.278. The fourth-order valence-electron chi connectivity index (χ4n) is 2.72. The molecule has 27 heavy (non-hydrogen) atoms. The molecule has 5 heteroatoms. The lowest BCUT2D eigenvalue weighted by molar-refractivity contribution is -0.116. The number of nitrogens with one attached hydrogen (secondary N) is 1.